The van der Waals surface area contributed by atoms with Gasteiger partial charge in [0, 0.05) is 33.6 Å². The molecule has 6 nitrogen and oxygen atoms in total. The van der Waals surface area contributed by atoms with Crippen LogP contribution >= 0.6 is 0 Å². The Bertz CT molecular complexity index is 2180. The van der Waals surface area contributed by atoms with E-state index in [1.165, 1.54) is 0 Å². The van der Waals surface area contributed by atoms with Crippen LogP contribution < -0.4 is 11.5 Å². The molecule has 218 valence electrons. The van der Waals surface area contributed by atoms with Gasteiger partial charge in [-0.05, 0) is 47.5 Å². The van der Waals surface area contributed by atoms with Gasteiger partial charge in [-0.3, -0.25) is 0 Å². The van der Waals surface area contributed by atoms with Crippen LogP contribution in [0.4, 0.5) is 11.4 Å². The topological polar surface area (TPSA) is 104 Å². The maximum atomic E-state index is 6.08. The molecule has 0 bridgehead atoms. The molecule has 0 fully saturated rings. The van der Waals surface area contributed by atoms with Crippen molar-refractivity contribution in [3.05, 3.63) is 146 Å². The summed E-state index contributed by atoms with van der Waals surface area (Å²) in [6.45, 7) is 0. The van der Waals surface area contributed by atoms with E-state index in [0.29, 0.717) is 11.4 Å². The van der Waals surface area contributed by atoms with Crippen LogP contribution in [-0.2, 0) is 0 Å². The van der Waals surface area contributed by atoms with Gasteiger partial charge in [-0.1, -0.05) is 109 Å². The highest BCUT2D eigenvalue weighted by Gasteiger charge is 2.16. The van der Waals surface area contributed by atoms with Crippen LogP contribution in [0.5, 0.6) is 0 Å². The highest BCUT2D eigenvalue weighted by molar-refractivity contribution is 5.89. The zero-order chi connectivity index (χ0) is 31.0. The molecule has 0 saturated heterocycles. The van der Waals surface area contributed by atoms with E-state index < -0.39 is 0 Å². The lowest BCUT2D eigenvalue weighted by Gasteiger charge is -2.13. The van der Waals surface area contributed by atoms with Crippen molar-refractivity contribution in [2.45, 2.75) is 0 Å². The van der Waals surface area contributed by atoms with Crippen molar-refractivity contribution in [2.75, 3.05) is 11.5 Å². The Labute approximate surface area is 266 Å². The number of nitrogens with zero attached hydrogens (tertiary/aromatic N) is 4. The SMILES string of the molecule is Nc1ccc2nc(-c3ccccc3)c(-c3ccc(-c4ccc(-c5nc6cc(N)ccc6nc5-c5ccccc5)cc4)cc3)nc2c1. The van der Waals surface area contributed by atoms with Crippen molar-refractivity contribution in [3.63, 3.8) is 0 Å². The quantitative estimate of drug-likeness (QED) is 0.193. The Hall–Kier alpha value is -6.40. The molecule has 0 radical (unpaired) electrons. The fraction of sp³-hybridized carbons (Fsp3) is 0. The van der Waals surface area contributed by atoms with Gasteiger partial charge in [-0.15, -0.1) is 0 Å². The van der Waals surface area contributed by atoms with Crippen LogP contribution in [0, 0.1) is 0 Å². The van der Waals surface area contributed by atoms with Gasteiger partial charge in [-0.2, -0.15) is 0 Å². The zero-order valence-electron chi connectivity index (χ0n) is 24.8. The molecule has 46 heavy (non-hydrogen) atoms. The molecule has 8 aromatic rings. The number of rotatable bonds is 5. The van der Waals surface area contributed by atoms with Crippen molar-refractivity contribution in [3.8, 4) is 56.2 Å². The second-order valence-corrected chi connectivity index (χ2v) is 11.2. The molecule has 0 unspecified atom stereocenters. The highest BCUT2D eigenvalue weighted by atomic mass is 14.8. The molecule has 6 aromatic carbocycles. The Morgan fingerprint density at radius 2 is 0.587 bits per heavy atom. The molecular formula is C40H28N6. The van der Waals surface area contributed by atoms with Crippen LogP contribution in [0.1, 0.15) is 0 Å². The van der Waals surface area contributed by atoms with Crippen LogP contribution in [0.3, 0.4) is 0 Å². The minimum Gasteiger partial charge on any atom is -0.399 e. The van der Waals surface area contributed by atoms with Crippen molar-refractivity contribution in [1.29, 1.82) is 0 Å². The first-order chi connectivity index (χ1) is 22.6. The van der Waals surface area contributed by atoms with Gasteiger partial charge < -0.3 is 11.5 Å². The number of fused-ring (bicyclic) bond motifs is 2. The van der Waals surface area contributed by atoms with Gasteiger partial charge in [0.2, 0.25) is 0 Å². The zero-order valence-corrected chi connectivity index (χ0v) is 24.8. The highest BCUT2D eigenvalue weighted by Crippen LogP contribution is 2.35. The molecule has 0 atom stereocenters. The third kappa shape index (κ3) is 5.08. The van der Waals surface area contributed by atoms with E-state index in [0.717, 1.165) is 78.2 Å². The normalized spacial score (nSPS) is 11.2. The summed E-state index contributed by atoms with van der Waals surface area (Å²) in [5.41, 5.74) is 26.1. The van der Waals surface area contributed by atoms with E-state index in [2.05, 4.69) is 72.8 Å². The molecule has 0 aliphatic carbocycles. The number of aromatic nitrogens is 4. The summed E-state index contributed by atoms with van der Waals surface area (Å²) in [6.07, 6.45) is 0. The summed E-state index contributed by atoms with van der Waals surface area (Å²) in [6, 6.07) is 48.5. The maximum absolute atomic E-state index is 6.08. The Balaban J connectivity index is 1.17. The Morgan fingerprint density at radius 3 is 0.957 bits per heavy atom. The molecule has 0 amide bonds. The van der Waals surface area contributed by atoms with Crippen LogP contribution in [0.15, 0.2) is 146 Å². The molecule has 6 heteroatoms. The minimum atomic E-state index is 0.661. The summed E-state index contributed by atoms with van der Waals surface area (Å²) < 4.78 is 0. The molecule has 0 saturated carbocycles. The molecule has 0 aliphatic heterocycles. The van der Waals surface area contributed by atoms with Gasteiger partial charge in [0.05, 0.1) is 44.8 Å². The second kappa shape index (κ2) is 11.3. The maximum Gasteiger partial charge on any atom is 0.0973 e. The van der Waals surface area contributed by atoms with E-state index in [-0.39, 0.29) is 0 Å². The number of nitrogen functional groups attached to an aromatic ring is 2. The number of hydrogen-bond acceptors (Lipinski definition) is 6. The van der Waals surface area contributed by atoms with Crippen LogP contribution in [-0.4, -0.2) is 19.9 Å². The lowest BCUT2D eigenvalue weighted by atomic mass is 9.98. The Kier molecular flexibility index (Phi) is 6.65. The monoisotopic (exact) mass is 592 g/mol. The average Bonchev–Trinajstić information content (AvgIpc) is 3.11. The molecule has 4 N–H and O–H groups in total. The van der Waals surface area contributed by atoms with Gasteiger partial charge in [0.15, 0.2) is 0 Å². The predicted octanol–water partition coefficient (Wildman–Crippen LogP) is 9.07. The van der Waals surface area contributed by atoms with Gasteiger partial charge in [0.25, 0.3) is 0 Å². The van der Waals surface area contributed by atoms with Crippen molar-refractivity contribution in [2.24, 2.45) is 0 Å². The van der Waals surface area contributed by atoms with Crippen LogP contribution in [0.25, 0.3) is 78.2 Å². The smallest absolute Gasteiger partial charge is 0.0973 e. The number of hydrogen-bond donors (Lipinski definition) is 2. The fourth-order valence-corrected chi connectivity index (χ4v) is 5.78. The standard InChI is InChI=1S/C40H28N6/c41-31-19-21-33-35(23-31)45-39(37(43-33)27-7-3-1-4-8-27)29-15-11-25(12-16-29)26-13-17-30(18-14-26)40-38(28-9-5-2-6-10-28)44-34-22-20-32(42)24-36(34)46-40/h1-24H,41-42H2. The summed E-state index contributed by atoms with van der Waals surface area (Å²) >= 11 is 0. The van der Waals surface area contributed by atoms with Gasteiger partial charge >= 0.3 is 0 Å². The van der Waals surface area contributed by atoms with Crippen molar-refractivity contribution >= 4 is 33.4 Å². The van der Waals surface area contributed by atoms with E-state index >= 15 is 0 Å². The molecule has 2 aromatic heterocycles. The summed E-state index contributed by atoms with van der Waals surface area (Å²) in [7, 11) is 0. The third-order valence-corrected chi connectivity index (χ3v) is 8.12. The van der Waals surface area contributed by atoms with E-state index in [1.54, 1.807) is 0 Å². The Morgan fingerprint density at radius 1 is 0.283 bits per heavy atom. The van der Waals surface area contributed by atoms with Gasteiger partial charge in [-0.25, -0.2) is 19.9 Å². The van der Waals surface area contributed by atoms with E-state index in [1.807, 2.05) is 72.8 Å². The summed E-state index contributed by atoms with van der Waals surface area (Å²) in [5.74, 6) is 0. The molecule has 8 rings (SSSR count). The third-order valence-electron chi connectivity index (χ3n) is 8.12. The van der Waals surface area contributed by atoms with E-state index in [9.17, 15) is 0 Å². The second-order valence-electron chi connectivity index (χ2n) is 11.2. The fourth-order valence-electron chi connectivity index (χ4n) is 5.78. The predicted molar refractivity (Wildman–Crippen MR) is 189 cm³/mol. The molecule has 0 aliphatic rings. The molecule has 2 heterocycles. The molecular weight excluding hydrogens is 564 g/mol. The van der Waals surface area contributed by atoms with E-state index in [4.69, 9.17) is 31.4 Å². The molecule has 0 spiro atoms. The largest absolute Gasteiger partial charge is 0.399 e. The van der Waals surface area contributed by atoms with Crippen LogP contribution in [0.2, 0.25) is 0 Å². The average molecular weight is 593 g/mol. The first-order valence-electron chi connectivity index (χ1n) is 15.1. The number of anilines is 2. The minimum absolute atomic E-state index is 0.661. The lowest BCUT2D eigenvalue weighted by Crippen LogP contribution is -1.97. The summed E-state index contributed by atoms with van der Waals surface area (Å²) in [4.78, 5) is 20.1. The van der Waals surface area contributed by atoms with Crippen molar-refractivity contribution in [1.82, 2.24) is 19.9 Å². The number of benzene rings is 6. The van der Waals surface area contributed by atoms with Gasteiger partial charge in [0.1, 0.15) is 0 Å². The first kappa shape index (κ1) is 27.2. The first-order valence-corrected chi connectivity index (χ1v) is 15.1. The van der Waals surface area contributed by atoms with Crippen molar-refractivity contribution < 1.29 is 0 Å². The number of nitrogens with two attached hydrogens (primary N) is 2. The lowest BCUT2D eigenvalue weighted by molar-refractivity contribution is 1.29. The summed E-state index contributed by atoms with van der Waals surface area (Å²) in [5, 5.41) is 0.